The van der Waals surface area contributed by atoms with Gasteiger partial charge < -0.3 is 29.9 Å². The van der Waals surface area contributed by atoms with Crippen molar-refractivity contribution in [3.05, 3.63) is 111 Å². The molecule has 1 aliphatic rings. The molecule has 262 valence electrons. The van der Waals surface area contributed by atoms with E-state index in [9.17, 15) is 20.3 Å². The molecule has 0 spiro atoms. The number of aliphatic hydroxyl groups excluding tert-OH is 2. The molecule has 10 heteroatoms. The number of pyridine rings is 1. The van der Waals surface area contributed by atoms with Crippen molar-refractivity contribution in [3.63, 3.8) is 0 Å². The molecule has 0 bridgehead atoms. The fourth-order valence-corrected chi connectivity index (χ4v) is 6.55. The average molecular weight is 697 g/mol. The monoisotopic (exact) mass is 696 g/mol. The summed E-state index contributed by atoms with van der Waals surface area (Å²) in [6, 6.07) is 18.8. The van der Waals surface area contributed by atoms with E-state index in [-0.39, 0.29) is 38.8 Å². The van der Waals surface area contributed by atoms with Crippen molar-refractivity contribution in [1.29, 1.82) is 5.26 Å². The van der Waals surface area contributed by atoms with E-state index in [1.54, 1.807) is 24.4 Å². The number of Topliss-reactive ketones (excluding diaryl/α,β-unsaturated/α-hetero) is 1. The number of hydrogen-bond acceptors (Lipinski definition) is 9. The van der Waals surface area contributed by atoms with E-state index in [1.165, 1.54) is 19.0 Å². The predicted molar refractivity (Wildman–Crippen MR) is 194 cm³/mol. The van der Waals surface area contributed by atoms with Crippen LogP contribution in [0.4, 0.5) is 0 Å². The third-order valence-electron chi connectivity index (χ3n) is 9.29. The summed E-state index contributed by atoms with van der Waals surface area (Å²) in [6.07, 6.45) is 7.05. The van der Waals surface area contributed by atoms with Gasteiger partial charge in [0.05, 0.1) is 29.8 Å². The molecule has 0 atom stereocenters. The first-order valence-electron chi connectivity index (χ1n) is 17.1. The number of carbonyl (C=O) groups excluding carboxylic acids is 1. The number of halogens is 1. The van der Waals surface area contributed by atoms with Crippen LogP contribution >= 0.6 is 11.6 Å². The molecule has 1 fully saturated rings. The summed E-state index contributed by atoms with van der Waals surface area (Å²) in [7, 11) is 0. The quantitative estimate of drug-likeness (QED) is 0.105. The highest BCUT2D eigenvalue weighted by atomic mass is 35.5. The number of benzene rings is 3. The van der Waals surface area contributed by atoms with Gasteiger partial charge >= 0.3 is 0 Å². The number of carbonyl (C=O) groups is 1. The third kappa shape index (κ3) is 9.48. The Morgan fingerprint density at radius 1 is 0.960 bits per heavy atom. The summed E-state index contributed by atoms with van der Waals surface area (Å²) in [5.41, 5.74) is 7.71. The van der Waals surface area contributed by atoms with E-state index in [1.807, 2.05) is 31.2 Å². The molecule has 0 saturated carbocycles. The largest absolute Gasteiger partial charge is 0.488 e. The summed E-state index contributed by atoms with van der Waals surface area (Å²) in [4.78, 5) is 19.8. The van der Waals surface area contributed by atoms with E-state index in [0.717, 1.165) is 65.0 Å². The van der Waals surface area contributed by atoms with Gasteiger partial charge in [0.15, 0.2) is 5.78 Å². The summed E-state index contributed by atoms with van der Waals surface area (Å²) in [5.74, 6) is 1.11. The van der Waals surface area contributed by atoms with Gasteiger partial charge in [0.1, 0.15) is 30.8 Å². The van der Waals surface area contributed by atoms with Crippen LogP contribution in [0.2, 0.25) is 5.02 Å². The maximum atomic E-state index is 13.3. The van der Waals surface area contributed by atoms with Crippen molar-refractivity contribution in [3.8, 4) is 28.7 Å². The van der Waals surface area contributed by atoms with Crippen LogP contribution in [0, 0.1) is 25.2 Å². The average Bonchev–Trinajstić information content (AvgIpc) is 3.65. The highest BCUT2D eigenvalue weighted by Gasteiger charge is 2.18. The van der Waals surface area contributed by atoms with Crippen LogP contribution < -0.4 is 14.8 Å². The van der Waals surface area contributed by atoms with Crippen molar-refractivity contribution in [2.45, 2.75) is 65.3 Å². The zero-order chi connectivity index (χ0) is 35.5. The van der Waals surface area contributed by atoms with Crippen LogP contribution in [0.25, 0.3) is 11.1 Å². The Bertz CT molecular complexity index is 1810. The number of rotatable bonds is 17. The van der Waals surface area contributed by atoms with Crippen LogP contribution in [0.5, 0.6) is 11.5 Å². The van der Waals surface area contributed by atoms with E-state index < -0.39 is 6.04 Å². The molecule has 0 radical (unpaired) electrons. The molecule has 3 aromatic carbocycles. The van der Waals surface area contributed by atoms with E-state index in [0.29, 0.717) is 34.1 Å². The molecule has 4 aromatic rings. The topological polar surface area (TPSA) is 128 Å². The van der Waals surface area contributed by atoms with Crippen LogP contribution in [0.1, 0.15) is 69.4 Å². The molecular formula is C40H45ClN4O5. The van der Waals surface area contributed by atoms with E-state index in [4.69, 9.17) is 21.1 Å². The van der Waals surface area contributed by atoms with Gasteiger partial charge in [-0.3, -0.25) is 9.78 Å². The van der Waals surface area contributed by atoms with Crippen molar-refractivity contribution in [2.75, 3.05) is 32.8 Å². The number of ether oxygens (including phenoxy) is 2. The Morgan fingerprint density at radius 3 is 2.42 bits per heavy atom. The third-order valence-corrected chi connectivity index (χ3v) is 9.58. The minimum Gasteiger partial charge on any atom is -0.488 e. The van der Waals surface area contributed by atoms with Crippen molar-refractivity contribution < 1.29 is 24.5 Å². The second-order valence-corrected chi connectivity index (χ2v) is 13.2. The Morgan fingerprint density at radius 2 is 1.68 bits per heavy atom. The van der Waals surface area contributed by atoms with Crippen LogP contribution in [0.15, 0.2) is 67.0 Å². The summed E-state index contributed by atoms with van der Waals surface area (Å²) < 4.78 is 12.5. The van der Waals surface area contributed by atoms with E-state index in [2.05, 4.69) is 40.3 Å². The number of ketones is 1. The normalized spacial score (nSPS) is 13.1. The molecular weight excluding hydrogens is 652 g/mol. The van der Waals surface area contributed by atoms with Gasteiger partial charge in [-0.1, -0.05) is 48.0 Å². The van der Waals surface area contributed by atoms with Gasteiger partial charge in [0, 0.05) is 48.1 Å². The van der Waals surface area contributed by atoms with Crippen molar-refractivity contribution in [2.24, 2.45) is 0 Å². The molecule has 3 N–H and O–H groups in total. The number of likely N-dealkylation sites (tertiary alicyclic amines) is 1. The molecule has 0 amide bonds. The van der Waals surface area contributed by atoms with Gasteiger partial charge in [-0.25, -0.2) is 0 Å². The summed E-state index contributed by atoms with van der Waals surface area (Å²) in [5, 5.41) is 31.8. The van der Waals surface area contributed by atoms with Crippen molar-refractivity contribution in [1.82, 2.24) is 15.2 Å². The number of aliphatic hydroxyl groups is 2. The fourth-order valence-electron chi connectivity index (χ4n) is 6.31. The van der Waals surface area contributed by atoms with Gasteiger partial charge in [-0.2, -0.15) is 5.26 Å². The molecule has 0 unspecified atom stereocenters. The van der Waals surface area contributed by atoms with E-state index >= 15 is 0 Å². The second kappa shape index (κ2) is 18.1. The minimum absolute atomic E-state index is 0.153. The first kappa shape index (κ1) is 37.0. The lowest BCUT2D eigenvalue weighted by Gasteiger charge is -2.19. The second-order valence-electron chi connectivity index (χ2n) is 12.7. The number of nitrogens with zero attached hydrogens (tertiary/aromatic N) is 3. The molecule has 5 rings (SSSR count). The molecule has 50 heavy (non-hydrogen) atoms. The first-order chi connectivity index (χ1) is 24.3. The van der Waals surface area contributed by atoms with Gasteiger partial charge in [0.25, 0.3) is 0 Å². The molecule has 2 heterocycles. The van der Waals surface area contributed by atoms with Gasteiger partial charge in [-0.05, 0) is 92.7 Å². The maximum Gasteiger partial charge on any atom is 0.163 e. The first-order valence-corrected chi connectivity index (χ1v) is 17.5. The molecule has 1 aliphatic heterocycles. The Kier molecular flexibility index (Phi) is 13.4. The van der Waals surface area contributed by atoms with Crippen molar-refractivity contribution >= 4 is 17.4 Å². The SMILES string of the molecule is Cc1c(COc2cc(OCc3cncc(C#N)c3)c(CNC(CO)CO)cc2Cl)cccc1-c1cccc(C(=O)CCCN2CCCC2)c1C. The summed E-state index contributed by atoms with van der Waals surface area (Å²) in [6.45, 7) is 7.56. The molecule has 1 aromatic heterocycles. The summed E-state index contributed by atoms with van der Waals surface area (Å²) >= 11 is 6.73. The zero-order valence-electron chi connectivity index (χ0n) is 28.8. The van der Waals surface area contributed by atoms with Crippen LogP contribution in [0.3, 0.4) is 0 Å². The molecule has 1 saturated heterocycles. The number of nitriles is 1. The van der Waals surface area contributed by atoms with Crippen LogP contribution in [-0.4, -0.2) is 64.8 Å². The van der Waals surface area contributed by atoms with Gasteiger partial charge in [-0.15, -0.1) is 0 Å². The standard InChI is InChI=1S/C40H45ClN4O5/c1-27-31(8-5-9-34(27)35-10-6-11-36(28(35)2)38(48)12-7-15-45-13-3-4-14-45)26-50-40-18-39(49-25-30-16-29(19-42)20-43-21-30)32(17-37(40)41)22-44-33(23-46)24-47/h5-6,8-11,16-18,20-21,33,44,46-47H,3-4,7,12-15,22-26H2,1-2H3. The Hall–Kier alpha value is -4.30. The number of hydrogen-bond donors (Lipinski definition) is 3. The lowest BCUT2D eigenvalue weighted by atomic mass is 9.90. The smallest absolute Gasteiger partial charge is 0.163 e. The number of aromatic nitrogens is 1. The highest BCUT2D eigenvalue weighted by Crippen LogP contribution is 2.36. The highest BCUT2D eigenvalue weighted by molar-refractivity contribution is 6.32. The Labute approximate surface area is 299 Å². The lowest BCUT2D eigenvalue weighted by Crippen LogP contribution is -2.35. The maximum absolute atomic E-state index is 13.3. The Balaban J connectivity index is 1.33. The molecule has 0 aliphatic carbocycles. The van der Waals surface area contributed by atoms with Gasteiger partial charge in [0.2, 0.25) is 0 Å². The predicted octanol–water partition coefficient (Wildman–Crippen LogP) is 6.55. The zero-order valence-corrected chi connectivity index (χ0v) is 29.5. The van der Waals surface area contributed by atoms with Crippen LogP contribution in [-0.2, 0) is 19.8 Å². The minimum atomic E-state index is -0.508. The molecule has 9 nitrogen and oxygen atoms in total. The number of nitrogens with one attached hydrogen (secondary N) is 1. The fraction of sp³-hybridized carbons (Fsp3) is 0.375. The lowest BCUT2D eigenvalue weighted by molar-refractivity contribution is 0.0975.